The highest BCUT2D eigenvalue weighted by Gasteiger charge is 2.42. The SMILES string of the molecule is C#CCCC(NC(=O)C1CCCN1C(=O)C(NC(=O)NC)C(C)(C)C)C(=O)C(=O)NCC.CC.CCCC. The molecule has 1 heterocycles. The third-order valence-corrected chi connectivity index (χ3v) is 5.73. The number of carbonyl (C=O) groups excluding carboxylic acids is 5. The van der Waals surface area contributed by atoms with E-state index in [1.165, 1.54) is 24.8 Å². The van der Waals surface area contributed by atoms with Crippen molar-refractivity contribution in [2.45, 2.75) is 112 Å². The average Bonchev–Trinajstić information content (AvgIpc) is 3.39. The maximum Gasteiger partial charge on any atom is 0.315 e. The van der Waals surface area contributed by atoms with Gasteiger partial charge in [0.25, 0.3) is 5.91 Å². The van der Waals surface area contributed by atoms with Crippen molar-refractivity contribution in [3.05, 3.63) is 0 Å². The number of rotatable bonds is 10. The number of nitrogens with zero attached hydrogens (tertiary/aromatic N) is 1. The number of likely N-dealkylation sites (tertiary alicyclic amines) is 1. The van der Waals surface area contributed by atoms with Gasteiger partial charge < -0.3 is 26.2 Å². The number of ketones is 1. The van der Waals surface area contributed by atoms with Gasteiger partial charge in [0, 0.05) is 26.6 Å². The lowest BCUT2D eigenvalue weighted by atomic mass is 9.85. The molecule has 0 spiro atoms. The molecule has 1 fully saturated rings. The Balaban J connectivity index is 0. The summed E-state index contributed by atoms with van der Waals surface area (Å²) in [4.78, 5) is 64.1. The van der Waals surface area contributed by atoms with Crippen LogP contribution in [0.5, 0.6) is 0 Å². The van der Waals surface area contributed by atoms with E-state index in [-0.39, 0.29) is 25.3 Å². The zero-order valence-electron chi connectivity index (χ0n) is 25.0. The molecule has 10 nitrogen and oxygen atoms in total. The summed E-state index contributed by atoms with van der Waals surface area (Å²) < 4.78 is 0. The predicted molar refractivity (Wildman–Crippen MR) is 151 cm³/mol. The van der Waals surface area contributed by atoms with Gasteiger partial charge >= 0.3 is 6.03 Å². The van der Waals surface area contributed by atoms with Crippen LogP contribution < -0.4 is 21.3 Å². The highest BCUT2D eigenvalue weighted by Crippen LogP contribution is 2.26. The lowest BCUT2D eigenvalue weighted by Gasteiger charge is -2.35. The molecule has 0 aromatic heterocycles. The van der Waals surface area contributed by atoms with E-state index in [0.29, 0.717) is 19.4 Å². The molecule has 38 heavy (non-hydrogen) atoms. The van der Waals surface area contributed by atoms with Gasteiger partial charge in [-0.1, -0.05) is 61.3 Å². The third kappa shape index (κ3) is 12.9. The zero-order valence-corrected chi connectivity index (χ0v) is 25.0. The van der Waals surface area contributed by atoms with Gasteiger partial charge in [-0.05, 0) is 31.6 Å². The first kappa shape index (κ1) is 37.1. The van der Waals surface area contributed by atoms with E-state index in [1.807, 2.05) is 34.6 Å². The average molecular weight is 538 g/mol. The van der Waals surface area contributed by atoms with E-state index in [9.17, 15) is 24.0 Å². The fourth-order valence-electron chi connectivity index (χ4n) is 3.49. The van der Waals surface area contributed by atoms with Crippen molar-refractivity contribution in [3.8, 4) is 12.3 Å². The second-order valence-corrected chi connectivity index (χ2v) is 9.74. The summed E-state index contributed by atoms with van der Waals surface area (Å²) in [5.74, 6) is -0.0746. The van der Waals surface area contributed by atoms with E-state index in [1.54, 1.807) is 6.92 Å². The highest BCUT2D eigenvalue weighted by molar-refractivity contribution is 6.38. The van der Waals surface area contributed by atoms with E-state index >= 15 is 0 Å². The van der Waals surface area contributed by atoms with Crippen molar-refractivity contribution >= 4 is 29.5 Å². The molecule has 0 aromatic rings. The molecule has 0 radical (unpaired) electrons. The quantitative estimate of drug-likeness (QED) is 0.251. The standard InChI is InChI=1S/C22H35N5O5.C4H10.C2H6/c1-7-9-11-14(16(28)19(30)24-8-2)25-18(29)15-12-10-13-27(15)20(31)17(22(3,4)5)26-21(32)23-6;1-3-4-2;1-2/h1,14-15,17H,8-13H2,2-6H3,(H,24,30)(H,25,29)(H2,23,26,32);3-4H2,1-2H3;1-2H3. The molecular formula is C28H51N5O5. The molecular weight excluding hydrogens is 486 g/mol. The fourth-order valence-corrected chi connectivity index (χ4v) is 3.49. The Labute approximate surface area is 229 Å². The minimum atomic E-state index is -1.08. The minimum absolute atomic E-state index is 0.113. The van der Waals surface area contributed by atoms with Gasteiger partial charge in [0.2, 0.25) is 17.6 Å². The molecule has 1 saturated heterocycles. The normalized spacial score (nSPS) is 15.7. The van der Waals surface area contributed by atoms with Crippen LogP contribution in [0, 0.1) is 17.8 Å². The zero-order chi connectivity index (χ0) is 29.9. The Hall–Kier alpha value is -3.09. The molecule has 218 valence electrons. The van der Waals surface area contributed by atoms with Gasteiger partial charge in [0.15, 0.2) is 0 Å². The van der Waals surface area contributed by atoms with Gasteiger partial charge in [-0.2, -0.15) is 0 Å². The smallest absolute Gasteiger partial charge is 0.315 e. The van der Waals surface area contributed by atoms with E-state index in [4.69, 9.17) is 6.42 Å². The Morgan fingerprint density at radius 1 is 1.03 bits per heavy atom. The number of carbonyl (C=O) groups is 5. The molecule has 1 aliphatic heterocycles. The van der Waals surface area contributed by atoms with Crippen molar-refractivity contribution in [2.75, 3.05) is 20.1 Å². The van der Waals surface area contributed by atoms with Crippen molar-refractivity contribution in [3.63, 3.8) is 0 Å². The monoisotopic (exact) mass is 537 g/mol. The Morgan fingerprint density at radius 3 is 2.05 bits per heavy atom. The number of amides is 5. The van der Waals surface area contributed by atoms with Gasteiger partial charge in [-0.15, -0.1) is 12.3 Å². The van der Waals surface area contributed by atoms with Crippen LogP contribution in [-0.2, 0) is 19.2 Å². The summed E-state index contributed by atoms with van der Waals surface area (Å²) in [7, 11) is 1.45. The molecule has 3 atom stereocenters. The number of likely N-dealkylation sites (N-methyl/N-ethyl adjacent to an activating group) is 1. The maximum absolute atomic E-state index is 13.3. The van der Waals surface area contributed by atoms with E-state index < -0.39 is 47.2 Å². The number of hydrogen-bond donors (Lipinski definition) is 4. The summed E-state index contributed by atoms with van der Waals surface area (Å²) in [6.45, 7) is 16.1. The van der Waals surface area contributed by atoms with Crippen LogP contribution in [0.2, 0.25) is 0 Å². The van der Waals surface area contributed by atoms with Crippen LogP contribution in [0.25, 0.3) is 0 Å². The summed E-state index contributed by atoms with van der Waals surface area (Å²) in [5.41, 5.74) is -0.600. The van der Waals surface area contributed by atoms with Crippen molar-refractivity contribution in [1.82, 2.24) is 26.2 Å². The lowest BCUT2D eigenvalue weighted by Crippen LogP contribution is -2.59. The van der Waals surface area contributed by atoms with Crippen LogP contribution in [0.4, 0.5) is 4.79 Å². The predicted octanol–water partition coefficient (Wildman–Crippen LogP) is 2.76. The molecule has 1 aliphatic rings. The second kappa shape index (κ2) is 19.9. The number of unbranched alkanes of at least 4 members (excludes halogenated alkanes) is 1. The Bertz CT molecular complexity index is 798. The van der Waals surface area contributed by atoms with Crippen molar-refractivity contribution in [2.24, 2.45) is 5.41 Å². The first-order valence-corrected chi connectivity index (χ1v) is 13.7. The molecule has 0 bridgehead atoms. The number of hydrogen-bond acceptors (Lipinski definition) is 5. The van der Waals surface area contributed by atoms with E-state index in [0.717, 1.165) is 0 Å². The van der Waals surface area contributed by atoms with Gasteiger partial charge in [-0.3, -0.25) is 19.2 Å². The van der Waals surface area contributed by atoms with Gasteiger partial charge in [0.05, 0.1) is 6.04 Å². The van der Waals surface area contributed by atoms with Crippen LogP contribution in [-0.4, -0.2) is 72.7 Å². The van der Waals surface area contributed by atoms with Crippen molar-refractivity contribution in [1.29, 1.82) is 0 Å². The highest BCUT2D eigenvalue weighted by atomic mass is 16.2. The summed E-state index contributed by atoms with van der Waals surface area (Å²) >= 11 is 0. The summed E-state index contributed by atoms with van der Waals surface area (Å²) in [6.07, 6.45) is 9.24. The molecule has 0 saturated carbocycles. The number of terminal acetylenes is 1. The van der Waals surface area contributed by atoms with Gasteiger partial charge in [0.1, 0.15) is 12.1 Å². The number of nitrogens with one attached hydrogen (secondary N) is 4. The number of urea groups is 1. The first-order valence-electron chi connectivity index (χ1n) is 13.7. The van der Waals surface area contributed by atoms with Gasteiger partial charge in [-0.25, -0.2) is 4.79 Å². The Kier molecular flexibility index (Phi) is 19.5. The van der Waals surface area contributed by atoms with E-state index in [2.05, 4.69) is 41.0 Å². The third-order valence-electron chi connectivity index (χ3n) is 5.73. The lowest BCUT2D eigenvalue weighted by molar-refractivity contribution is -0.143. The molecule has 0 aromatic carbocycles. The molecule has 5 amide bonds. The molecule has 4 N–H and O–H groups in total. The Morgan fingerprint density at radius 2 is 1.61 bits per heavy atom. The minimum Gasteiger partial charge on any atom is -0.350 e. The largest absolute Gasteiger partial charge is 0.350 e. The van der Waals surface area contributed by atoms with Crippen LogP contribution in [0.15, 0.2) is 0 Å². The summed E-state index contributed by atoms with van der Waals surface area (Å²) in [5, 5.41) is 10.1. The van der Waals surface area contributed by atoms with Crippen LogP contribution in [0.3, 0.4) is 0 Å². The van der Waals surface area contributed by atoms with Crippen LogP contribution in [0.1, 0.15) is 93.9 Å². The molecule has 1 rings (SSSR count). The second-order valence-electron chi connectivity index (χ2n) is 9.74. The molecule has 10 heteroatoms. The first-order chi connectivity index (χ1) is 17.9. The fraction of sp³-hybridized carbons (Fsp3) is 0.750. The molecule has 0 aliphatic carbocycles. The maximum atomic E-state index is 13.3. The molecule has 3 unspecified atom stereocenters. The number of Topliss-reactive ketones (excluding diaryl/α,β-unsaturated/α-hetero) is 1. The van der Waals surface area contributed by atoms with Crippen molar-refractivity contribution < 1.29 is 24.0 Å². The van der Waals surface area contributed by atoms with Crippen LogP contribution >= 0.6 is 0 Å². The topological polar surface area (TPSA) is 137 Å². The summed E-state index contributed by atoms with van der Waals surface area (Å²) in [6, 6.07) is -3.25.